The van der Waals surface area contributed by atoms with E-state index in [0.29, 0.717) is 29.8 Å². The van der Waals surface area contributed by atoms with Crippen molar-refractivity contribution in [2.24, 2.45) is 0 Å². The molecule has 0 unspecified atom stereocenters. The van der Waals surface area contributed by atoms with Gasteiger partial charge in [-0.25, -0.2) is 4.98 Å². The Morgan fingerprint density at radius 3 is 2.65 bits per heavy atom. The SMILES string of the molecule is COc1ccc(-c2nnc(CNc3ccccn3)o2)cc1OC. The highest BCUT2D eigenvalue weighted by Crippen LogP contribution is 2.31. The van der Waals surface area contributed by atoms with Gasteiger partial charge < -0.3 is 19.2 Å². The Labute approximate surface area is 133 Å². The van der Waals surface area contributed by atoms with Gasteiger partial charge in [-0.15, -0.1) is 10.2 Å². The Morgan fingerprint density at radius 1 is 1.04 bits per heavy atom. The summed E-state index contributed by atoms with van der Waals surface area (Å²) in [7, 11) is 3.17. The van der Waals surface area contributed by atoms with E-state index in [4.69, 9.17) is 13.9 Å². The predicted octanol–water partition coefficient (Wildman–Crippen LogP) is 2.76. The van der Waals surface area contributed by atoms with Crippen molar-refractivity contribution in [1.82, 2.24) is 15.2 Å². The first-order chi connectivity index (χ1) is 11.3. The van der Waals surface area contributed by atoms with E-state index < -0.39 is 0 Å². The second-order valence-electron chi connectivity index (χ2n) is 4.64. The molecule has 0 bridgehead atoms. The maximum absolute atomic E-state index is 5.66. The van der Waals surface area contributed by atoms with E-state index in [9.17, 15) is 0 Å². The Kier molecular flexibility index (Phi) is 4.37. The second kappa shape index (κ2) is 6.78. The van der Waals surface area contributed by atoms with Gasteiger partial charge in [0, 0.05) is 11.8 Å². The minimum absolute atomic E-state index is 0.400. The number of benzene rings is 1. The number of hydrogen-bond acceptors (Lipinski definition) is 7. The lowest BCUT2D eigenvalue weighted by Crippen LogP contribution is -2.00. The molecule has 2 heterocycles. The third kappa shape index (κ3) is 3.39. The van der Waals surface area contributed by atoms with Crippen LogP contribution in [-0.4, -0.2) is 29.4 Å². The molecule has 1 N–H and O–H groups in total. The van der Waals surface area contributed by atoms with Crippen LogP contribution in [-0.2, 0) is 6.54 Å². The van der Waals surface area contributed by atoms with Gasteiger partial charge in [0.1, 0.15) is 5.82 Å². The molecule has 118 valence electrons. The fraction of sp³-hybridized carbons (Fsp3) is 0.188. The summed E-state index contributed by atoms with van der Waals surface area (Å²) in [5.74, 6) is 2.90. The zero-order valence-corrected chi connectivity index (χ0v) is 12.8. The molecule has 1 aromatic carbocycles. The van der Waals surface area contributed by atoms with E-state index >= 15 is 0 Å². The number of aromatic nitrogens is 3. The molecule has 0 saturated heterocycles. The van der Waals surface area contributed by atoms with Gasteiger partial charge in [0.25, 0.3) is 0 Å². The van der Waals surface area contributed by atoms with Crippen molar-refractivity contribution in [2.75, 3.05) is 19.5 Å². The van der Waals surface area contributed by atoms with Gasteiger partial charge in [0.2, 0.25) is 11.8 Å². The van der Waals surface area contributed by atoms with Crippen LogP contribution < -0.4 is 14.8 Å². The number of rotatable bonds is 6. The first-order valence-corrected chi connectivity index (χ1v) is 7.00. The zero-order chi connectivity index (χ0) is 16.1. The van der Waals surface area contributed by atoms with Gasteiger partial charge in [-0.2, -0.15) is 0 Å². The fourth-order valence-electron chi connectivity index (χ4n) is 2.04. The lowest BCUT2D eigenvalue weighted by atomic mass is 10.2. The maximum Gasteiger partial charge on any atom is 0.247 e. The standard InChI is InChI=1S/C16H16N4O3/c1-21-12-7-6-11(9-13(12)22-2)16-20-19-15(23-16)10-18-14-5-3-4-8-17-14/h3-9H,10H2,1-2H3,(H,17,18). The molecule has 3 rings (SSSR count). The van der Waals surface area contributed by atoms with Crippen LogP contribution in [0.3, 0.4) is 0 Å². The monoisotopic (exact) mass is 312 g/mol. The summed E-state index contributed by atoms with van der Waals surface area (Å²) in [5.41, 5.74) is 0.763. The maximum atomic E-state index is 5.66. The number of nitrogens with zero attached hydrogens (tertiary/aromatic N) is 3. The zero-order valence-electron chi connectivity index (χ0n) is 12.8. The number of nitrogens with one attached hydrogen (secondary N) is 1. The summed E-state index contributed by atoms with van der Waals surface area (Å²) in [4.78, 5) is 4.17. The van der Waals surface area contributed by atoms with Gasteiger partial charge in [0.15, 0.2) is 11.5 Å². The fourth-order valence-corrected chi connectivity index (χ4v) is 2.04. The number of methoxy groups -OCH3 is 2. The molecular weight excluding hydrogens is 296 g/mol. The van der Waals surface area contributed by atoms with Crippen molar-refractivity contribution >= 4 is 5.82 Å². The third-order valence-corrected chi connectivity index (χ3v) is 3.18. The first kappa shape index (κ1) is 14.8. The summed E-state index contributed by atoms with van der Waals surface area (Å²) in [5, 5.41) is 11.2. The molecule has 0 spiro atoms. The molecule has 0 aliphatic carbocycles. The Bertz CT molecular complexity index is 774. The quantitative estimate of drug-likeness (QED) is 0.749. The van der Waals surface area contributed by atoms with E-state index in [1.165, 1.54) is 0 Å². The molecule has 3 aromatic rings. The van der Waals surface area contributed by atoms with Crippen LogP contribution in [0.4, 0.5) is 5.82 Å². The largest absolute Gasteiger partial charge is 0.493 e. The van der Waals surface area contributed by atoms with E-state index in [1.807, 2.05) is 24.3 Å². The Hall–Kier alpha value is -3.09. The van der Waals surface area contributed by atoms with Gasteiger partial charge in [-0.1, -0.05) is 6.07 Å². The van der Waals surface area contributed by atoms with Gasteiger partial charge in [0.05, 0.1) is 20.8 Å². The minimum Gasteiger partial charge on any atom is -0.493 e. The molecule has 0 radical (unpaired) electrons. The van der Waals surface area contributed by atoms with Crippen molar-refractivity contribution in [3.8, 4) is 23.0 Å². The normalized spacial score (nSPS) is 10.3. The number of ether oxygens (including phenoxy) is 2. The topological polar surface area (TPSA) is 82.3 Å². The van der Waals surface area contributed by atoms with E-state index in [1.54, 1.807) is 32.5 Å². The molecular formula is C16H16N4O3. The molecule has 7 heteroatoms. The number of hydrogen-bond donors (Lipinski definition) is 1. The summed E-state index contributed by atoms with van der Waals surface area (Å²) in [6.45, 7) is 0.400. The van der Waals surface area contributed by atoms with Crippen molar-refractivity contribution in [3.63, 3.8) is 0 Å². The van der Waals surface area contributed by atoms with Crippen LogP contribution in [0.15, 0.2) is 47.0 Å². The summed E-state index contributed by atoms with van der Waals surface area (Å²) in [6, 6.07) is 11.0. The van der Waals surface area contributed by atoms with Crippen LogP contribution in [0.5, 0.6) is 11.5 Å². The highest BCUT2D eigenvalue weighted by molar-refractivity contribution is 5.59. The molecule has 0 aliphatic heterocycles. The molecule has 0 amide bonds. The lowest BCUT2D eigenvalue weighted by Gasteiger charge is -2.07. The number of pyridine rings is 1. The molecule has 0 aliphatic rings. The minimum atomic E-state index is 0.400. The van der Waals surface area contributed by atoms with Crippen molar-refractivity contribution in [3.05, 3.63) is 48.5 Å². The van der Waals surface area contributed by atoms with Crippen molar-refractivity contribution in [1.29, 1.82) is 0 Å². The summed E-state index contributed by atoms with van der Waals surface area (Å²) in [6.07, 6.45) is 1.71. The molecule has 7 nitrogen and oxygen atoms in total. The van der Waals surface area contributed by atoms with Crippen LogP contribution >= 0.6 is 0 Å². The van der Waals surface area contributed by atoms with Gasteiger partial charge >= 0.3 is 0 Å². The number of anilines is 1. The molecule has 0 fully saturated rings. The van der Waals surface area contributed by atoms with Crippen LogP contribution in [0.2, 0.25) is 0 Å². The van der Waals surface area contributed by atoms with E-state index in [-0.39, 0.29) is 0 Å². The first-order valence-electron chi connectivity index (χ1n) is 7.00. The predicted molar refractivity (Wildman–Crippen MR) is 84.4 cm³/mol. The van der Waals surface area contributed by atoms with Gasteiger partial charge in [-0.3, -0.25) is 0 Å². The molecule has 2 aromatic heterocycles. The molecule has 0 atom stereocenters. The van der Waals surface area contributed by atoms with E-state index in [2.05, 4.69) is 20.5 Å². The average Bonchev–Trinajstić information content (AvgIpc) is 3.09. The molecule has 23 heavy (non-hydrogen) atoms. The smallest absolute Gasteiger partial charge is 0.247 e. The Morgan fingerprint density at radius 2 is 1.91 bits per heavy atom. The van der Waals surface area contributed by atoms with Crippen LogP contribution in [0.25, 0.3) is 11.5 Å². The van der Waals surface area contributed by atoms with E-state index in [0.717, 1.165) is 11.4 Å². The second-order valence-corrected chi connectivity index (χ2v) is 4.64. The van der Waals surface area contributed by atoms with Crippen molar-refractivity contribution < 1.29 is 13.9 Å². The average molecular weight is 312 g/mol. The Balaban J connectivity index is 1.74. The summed E-state index contributed by atoms with van der Waals surface area (Å²) < 4.78 is 16.1. The molecule has 0 saturated carbocycles. The van der Waals surface area contributed by atoms with Crippen LogP contribution in [0, 0.1) is 0 Å². The lowest BCUT2D eigenvalue weighted by molar-refractivity contribution is 0.355. The van der Waals surface area contributed by atoms with Gasteiger partial charge in [-0.05, 0) is 30.3 Å². The summed E-state index contributed by atoms with van der Waals surface area (Å²) >= 11 is 0. The third-order valence-electron chi connectivity index (χ3n) is 3.18. The van der Waals surface area contributed by atoms with Crippen molar-refractivity contribution in [2.45, 2.75) is 6.54 Å². The van der Waals surface area contributed by atoms with Crippen LogP contribution in [0.1, 0.15) is 5.89 Å². The highest BCUT2D eigenvalue weighted by Gasteiger charge is 2.12. The highest BCUT2D eigenvalue weighted by atomic mass is 16.5.